The third kappa shape index (κ3) is 1.75. The molecule has 1 N–H and O–H groups in total. The van der Waals surface area contributed by atoms with Crippen LogP contribution in [0.2, 0.25) is 0 Å². The molecule has 0 aliphatic rings. The summed E-state index contributed by atoms with van der Waals surface area (Å²) in [5.74, 6) is -0.813. The Morgan fingerprint density at radius 1 is 1.53 bits per heavy atom. The minimum Gasteiger partial charge on any atom is -0.481 e. The van der Waals surface area contributed by atoms with Gasteiger partial charge in [-0.25, -0.2) is 4.98 Å². The third-order valence-corrected chi connectivity index (χ3v) is 4.34. The summed E-state index contributed by atoms with van der Waals surface area (Å²) in [6, 6.07) is 3.96. The van der Waals surface area contributed by atoms with Crippen LogP contribution in [0.15, 0.2) is 29.9 Å². The van der Waals surface area contributed by atoms with Crippen molar-refractivity contribution in [2.24, 2.45) is 0 Å². The number of hydrogen-bond acceptors (Lipinski definition) is 4. The molecule has 0 amide bonds. The highest BCUT2D eigenvalue weighted by Crippen LogP contribution is 2.34. The summed E-state index contributed by atoms with van der Waals surface area (Å²) in [6.07, 6.45) is 3.64. The number of carbonyl (C=O) groups is 1. The molecule has 86 valence electrons. The topological polar surface area (TPSA) is 54.6 Å². The normalized spacial score (nSPS) is 11.1. The lowest BCUT2D eigenvalue weighted by molar-refractivity contribution is -0.136. The van der Waals surface area contributed by atoms with Gasteiger partial charge in [0.25, 0.3) is 0 Å². The van der Waals surface area contributed by atoms with Gasteiger partial charge in [0.05, 0.1) is 17.0 Å². The highest BCUT2D eigenvalue weighted by molar-refractivity contribution is 7.18. The molecule has 17 heavy (non-hydrogen) atoms. The van der Waals surface area contributed by atoms with E-state index in [0.29, 0.717) is 0 Å². The number of hydrogen-bond donors (Lipinski definition) is 1. The molecule has 0 aromatic carbocycles. The second-order valence-corrected chi connectivity index (χ2v) is 5.51. The molecule has 6 heteroatoms. The Bertz CT molecular complexity index is 667. The first-order valence-corrected chi connectivity index (χ1v) is 6.65. The molecule has 0 aliphatic heterocycles. The molecule has 0 atom stereocenters. The Morgan fingerprint density at radius 2 is 2.41 bits per heavy atom. The van der Waals surface area contributed by atoms with Crippen LogP contribution >= 0.6 is 22.7 Å². The van der Waals surface area contributed by atoms with E-state index < -0.39 is 5.97 Å². The van der Waals surface area contributed by atoms with Crippen molar-refractivity contribution in [3.05, 3.63) is 34.8 Å². The van der Waals surface area contributed by atoms with Crippen LogP contribution in [0, 0.1) is 0 Å². The van der Waals surface area contributed by atoms with Crippen molar-refractivity contribution in [2.45, 2.75) is 6.42 Å². The lowest BCUT2D eigenvalue weighted by Gasteiger charge is -1.99. The lowest BCUT2D eigenvalue weighted by Crippen LogP contribution is -1.99. The van der Waals surface area contributed by atoms with Gasteiger partial charge in [-0.15, -0.1) is 22.7 Å². The van der Waals surface area contributed by atoms with Crippen LogP contribution in [0.3, 0.4) is 0 Å². The molecule has 0 saturated carbocycles. The number of thiophene rings is 1. The van der Waals surface area contributed by atoms with Crippen molar-refractivity contribution >= 4 is 33.6 Å². The average Bonchev–Trinajstić information content (AvgIpc) is 2.90. The molecule has 0 saturated heterocycles. The molecule has 3 aromatic rings. The van der Waals surface area contributed by atoms with Crippen LogP contribution in [-0.2, 0) is 11.2 Å². The van der Waals surface area contributed by atoms with E-state index in [-0.39, 0.29) is 6.42 Å². The highest BCUT2D eigenvalue weighted by Gasteiger charge is 2.17. The van der Waals surface area contributed by atoms with Crippen molar-refractivity contribution < 1.29 is 9.90 Å². The Kier molecular flexibility index (Phi) is 2.45. The molecule has 4 nitrogen and oxygen atoms in total. The Balaban J connectivity index is 2.24. The molecule has 0 unspecified atom stereocenters. The van der Waals surface area contributed by atoms with E-state index in [4.69, 9.17) is 5.11 Å². The zero-order valence-corrected chi connectivity index (χ0v) is 10.3. The monoisotopic (exact) mass is 264 g/mol. The van der Waals surface area contributed by atoms with Gasteiger partial charge in [-0.05, 0) is 11.4 Å². The number of carboxylic acid groups (broad SMARTS) is 1. The largest absolute Gasteiger partial charge is 0.481 e. The van der Waals surface area contributed by atoms with Gasteiger partial charge in [-0.1, -0.05) is 6.07 Å². The van der Waals surface area contributed by atoms with E-state index in [0.717, 1.165) is 20.4 Å². The van der Waals surface area contributed by atoms with E-state index >= 15 is 0 Å². The number of imidazole rings is 1. The maximum absolute atomic E-state index is 10.9. The molecule has 0 fully saturated rings. The first-order valence-electron chi connectivity index (χ1n) is 4.96. The fourth-order valence-electron chi connectivity index (χ4n) is 1.75. The number of thiazole rings is 1. The molecule has 0 aliphatic carbocycles. The average molecular weight is 264 g/mol. The fourth-order valence-corrected chi connectivity index (χ4v) is 3.70. The number of aliphatic carboxylic acids is 1. The van der Waals surface area contributed by atoms with Crippen LogP contribution in [0.1, 0.15) is 4.88 Å². The zero-order valence-electron chi connectivity index (χ0n) is 8.66. The molecule has 0 bridgehead atoms. The van der Waals surface area contributed by atoms with Crippen molar-refractivity contribution in [1.29, 1.82) is 0 Å². The van der Waals surface area contributed by atoms with Crippen molar-refractivity contribution in [2.75, 3.05) is 0 Å². The Labute approximate surface area is 105 Å². The summed E-state index contributed by atoms with van der Waals surface area (Å²) in [5.41, 5.74) is 0.958. The van der Waals surface area contributed by atoms with E-state index in [2.05, 4.69) is 4.98 Å². The maximum atomic E-state index is 10.9. The third-order valence-electron chi connectivity index (χ3n) is 2.39. The molecule has 3 aromatic heterocycles. The number of rotatable bonds is 3. The second-order valence-electron chi connectivity index (χ2n) is 3.50. The molecule has 3 rings (SSSR count). The number of aromatic nitrogens is 2. The smallest absolute Gasteiger partial charge is 0.308 e. The first kappa shape index (κ1) is 10.5. The minimum atomic E-state index is -0.813. The van der Waals surface area contributed by atoms with Crippen LogP contribution in [-0.4, -0.2) is 20.5 Å². The summed E-state index contributed by atoms with van der Waals surface area (Å²) in [4.78, 5) is 17.8. The van der Waals surface area contributed by atoms with Crippen LogP contribution < -0.4 is 0 Å². The molecule has 0 radical (unpaired) electrons. The van der Waals surface area contributed by atoms with Gasteiger partial charge < -0.3 is 5.11 Å². The number of nitrogens with zero attached hydrogens (tertiary/aromatic N) is 2. The summed E-state index contributed by atoms with van der Waals surface area (Å²) >= 11 is 3.04. The van der Waals surface area contributed by atoms with E-state index in [9.17, 15) is 4.79 Å². The fraction of sp³-hybridized carbons (Fsp3) is 0.0909. The predicted molar refractivity (Wildman–Crippen MR) is 67.7 cm³/mol. The van der Waals surface area contributed by atoms with Gasteiger partial charge in [-0.3, -0.25) is 9.20 Å². The standard InChI is InChI=1S/C11H8N2O2S2/c14-9(15)6-8-10(7-2-1-5-16-7)13-4-3-12-11(13)17-8/h1-5H,6H2,(H,14,15). The van der Waals surface area contributed by atoms with Gasteiger partial charge in [0.2, 0.25) is 0 Å². The minimum absolute atomic E-state index is 0.0429. The molecular weight excluding hydrogens is 256 g/mol. The molecule has 3 heterocycles. The predicted octanol–water partition coefficient (Wildman–Crippen LogP) is 2.75. The summed E-state index contributed by atoms with van der Waals surface area (Å²) in [7, 11) is 0. The van der Waals surface area contributed by atoms with E-state index in [1.165, 1.54) is 11.3 Å². The van der Waals surface area contributed by atoms with Crippen LogP contribution in [0.4, 0.5) is 0 Å². The van der Waals surface area contributed by atoms with E-state index in [1.54, 1.807) is 17.5 Å². The van der Waals surface area contributed by atoms with Crippen LogP contribution in [0.25, 0.3) is 15.5 Å². The van der Waals surface area contributed by atoms with Crippen molar-refractivity contribution in [3.63, 3.8) is 0 Å². The Morgan fingerprint density at radius 3 is 3.12 bits per heavy atom. The molecular formula is C11H8N2O2S2. The number of fused-ring (bicyclic) bond motifs is 1. The summed E-state index contributed by atoms with van der Waals surface area (Å²) in [5, 5.41) is 10.9. The first-order chi connectivity index (χ1) is 8.25. The summed E-state index contributed by atoms with van der Waals surface area (Å²) < 4.78 is 1.95. The van der Waals surface area contributed by atoms with Crippen LogP contribution in [0.5, 0.6) is 0 Å². The Hall–Kier alpha value is -1.66. The van der Waals surface area contributed by atoms with Gasteiger partial charge in [0, 0.05) is 17.3 Å². The van der Waals surface area contributed by atoms with Crippen molar-refractivity contribution in [3.8, 4) is 10.6 Å². The quantitative estimate of drug-likeness (QED) is 0.791. The zero-order chi connectivity index (χ0) is 11.8. The number of carboxylic acids is 1. The summed E-state index contributed by atoms with van der Waals surface area (Å²) in [6.45, 7) is 0. The van der Waals surface area contributed by atoms with Crippen molar-refractivity contribution in [1.82, 2.24) is 9.38 Å². The highest BCUT2D eigenvalue weighted by atomic mass is 32.1. The van der Waals surface area contributed by atoms with Gasteiger partial charge in [0.1, 0.15) is 0 Å². The second kappa shape index (κ2) is 3.97. The lowest BCUT2D eigenvalue weighted by atomic mass is 10.2. The molecule has 0 spiro atoms. The maximum Gasteiger partial charge on any atom is 0.308 e. The van der Waals surface area contributed by atoms with Gasteiger partial charge in [0.15, 0.2) is 4.96 Å². The van der Waals surface area contributed by atoms with E-state index in [1.807, 2.05) is 28.1 Å². The van der Waals surface area contributed by atoms with Gasteiger partial charge >= 0.3 is 5.97 Å². The SMILES string of the molecule is O=C(O)Cc1sc2nccn2c1-c1cccs1. The van der Waals surface area contributed by atoms with Gasteiger partial charge in [-0.2, -0.15) is 0 Å².